The summed E-state index contributed by atoms with van der Waals surface area (Å²) in [6.07, 6.45) is -4.85. The minimum atomic E-state index is -4.81. The number of thiazole rings is 1. The number of aryl methyl sites for hydroxylation is 1. The number of aliphatic hydroxyl groups is 1. The van der Waals surface area contributed by atoms with Crippen molar-refractivity contribution in [1.82, 2.24) is 15.6 Å². The fourth-order valence-corrected chi connectivity index (χ4v) is 9.87. The standard InChI is InChI=1S/C51H59F3N6O9S2/c1-31-44(71-30-57-31)33-10-8-32(9-11-33)28-56-46(64)40-26-37(61)25-39(40)43(63)45(49(2,3)4)58-42(62)29-68-19-7-18-66-20-21-67-22-23-69-38-16-14-35(15-17-38)60-48(70)59(47(65)50(60,5)6)36-13-12-34(27-55)41(24-36)51(52,53)54/h8-17,24,30,37,39-40,45,61H,7,18-23,25-26,28-29H2,1-6H3,(H,56,64)(H,58,62)/t37-,39?,40+,45+/m0/s1. The Morgan fingerprint density at radius 1 is 0.930 bits per heavy atom. The maximum Gasteiger partial charge on any atom is 0.417 e. The highest BCUT2D eigenvalue weighted by Crippen LogP contribution is 2.41. The van der Waals surface area contributed by atoms with Gasteiger partial charge in [-0.2, -0.15) is 18.4 Å². The SMILES string of the molecule is Cc1ncsc1-c1ccc(CNC(=O)[C@@H]2C[C@@H](O)CC2C(=O)[C@@H](NC(=O)COCCCOCCOCCOc2ccc(N3C(=S)N(c4ccc(C#N)c(C(F)(F)F)c4)C(=O)C3(C)C)cc2)C(C)(C)C)cc1. The van der Waals surface area contributed by atoms with Gasteiger partial charge < -0.3 is 39.6 Å². The van der Waals surface area contributed by atoms with Crippen LogP contribution in [0, 0.1) is 35.5 Å². The number of amides is 3. The van der Waals surface area contributed by atoms with Gasteiger partial charge in [-0.05, 0) is 111 Å². The number of alkyl halides is 3. The minimum absolute atomic E-state index is 0.0181. The van der Waals surface area contributed by atoms with Gasteiger partial charge in [0.15, 0.2) is 10.9 Å². The molecular weight excluding hydrogens is 962 g/mol. The molecule has 1 aromatic heterocycles. The van der Waals surface area contributed by atoms with E-state index in [0.717, 1.165) is 38.7 Å². The summed E-state index contributed by atoms with van der Waals surface area (Å²) in [5.41, 5.74) is 1.47. The van der Waals surface area contributed by atoms with Crippen molar-refractivity contribution in [2.45, 2.75) is 91.2 Å². The molecule has 2 aliphatic rings. The fraction of sp³-hybridized carbons (Fsp3) is 0.471. The molecule has 15 nitrogen and oxygen atoms in total. The smallest absolute Gasteiger partial charge is 0.417 e. The molecule has 4 atom stereocenters. The van der Waals surface area contributed by atoms with Gasteiger partial charge in [-0.1, -0.05) is 45.0 Å². The van der Waals surface area contributed by atoms with E-state index in [1.165, 1.54) is 12.1 Å². The second kappa shape index (κ2) is 23.6. The number of rotatable bonds is 22. The molecule has 3 amide bonds. The second-order valence-electron chi connectivity index (χ2n) is 18.9. The molecule has 1 aliphatic carbocycles. The Labute approximate surface area is 420 Å². The molecule has 380 valence electrons. The lowest BCUT2D eigenvalue weighted by molar-refractivity contribution is -0.138. The Morgan fingerprint density at radius 3 is 2.20 bits per heavy atom. The van der Waals surface area contributed by atoms with E-state index >= 15 is 0 Å². The number of benzene rings is 3. The van der Waals surface area contributed by atoms with Crippen molar-refractivity contribution in [3.05, 3.63) is 94.6 Å². The van der Waals surface area contributed by atoms with E-state index in [0.29, 0.717) is 37.7 Å². The van der Waals surface area contributed by atoms with Crippen LogP contribution in [0.4, 0.5) is 24.5 Å². The van der Waals surface area contributed by atoms with Gasteiger partial charge >= 0.3 is 6.18 Å². The average molecular weight is 1020 g/mol. The fourth-order valence-electron chi connectivity index (χ4n) is 8.54. The highest BCUT2D eigenvalue weighted by molar-refractivity contribution is 7.81. The van der Waals surface area contributed by atoms with Gasteiger partial charge in [0.25, 0.3) is 5.91 Å². The number of nitrogens with one attached hydrogen (secondary N) is 2. The van der Waals surface area contributed by atoms with Crippen molar-refractivity contribution in [3.63, 3.8) is 0 Å². The number of anilines is 2. The molecule has 1 saturated carbocycles. The predicted molar refractivity (Wildman–Crippen MR) is 265 cm³/mol. The number of thiocarbonyl (C=S) groups is 1. The zero-order valence-electron chi connectivity index (χ0n) is 40.5. The number of ether oxygens (including phenoxy) is 4. The molecule has 1 aliphatic heterocycles. The van der Waals surface area contributed by atoms with Gasteiger partial charge in [-0.25, -0.2) is 4.98 Å². The van der Waals surface area contributed by atoms with E-state index < -0.39 is 64.1 Å². The summed E-state index contributed by atoms with van der Waals surface area (Å²) < 4.78 is 63.7. The third-order valence-corrected chi connectivity index (χ3v) is 13.6. The van der Waals surface area contributed by atoms with Crippen LogP contribution in [0.3, 0.4) is 0 Å². The number of hydrogen-bond acceptors (Lipinski definition) is 13. The zero-order chi connectivity index (χ0) is 51.7. The van der Waals surface area contributed by atoms with Crippen LogP contribution in [-0.4, -0.2) is 103 Å². The molecule has 0 spiro atoms. The van der Waals surface area contributed by atoms with Gasteiger partial charge in [0.2, 0.25) is 11.8 Å². The van der Waals surface area contributed by atoms with Crippen molar-refractivity contribution in [2.75, 3.05) is 56.0 Å². The van der Waals surface area contributed by atoms with Crippen LogP contribution in [0.15, 0.2) is 72.2 Å². The van der Waals surface area contributed by atoms with Crippen LogP contribution in [0.2, 0.25) is 0 Å². The molecule has 20 heteroatoms. The Balaban J connectivity index is 0.851. The number of nitriles is 1. The van der Waals surface area contributed by atoms with E-state index in [9.17, 15) is 42.7 Å². The lowest BCUT2D eigenvalue weighted by Gasteiger charge is -2.33. The van der Waals surface area contributed by atoms with E-state index in [4.69, 9.17) is 31.2 Å². The summed E-state index contributed by atoms with van der Waals surface area (Å²) in [4.78, 5) is 62.0. The Hall–Kier alpha value is -5.82. The number of ketones is 1. The normalized spacial score (nSPS) is 18.4. The monoisotopic (exact) mass is 1020 g/mol. The molecule has 3 aromatic carbocycles. The van der Waals surface area contributed by atoms with Gasteiger partial charge in [0.05, 0.1) is 76.8 Å². The molecule has 1 saturated heterocycles. The van der Waals surface area contributed by atoms with Crippen LogP contribution >= 0.6 is 23.6 Å². The first-order valence-corrected chi connectivity index (χ1v) is 24.4. The van der Waals surface area contributed by atoms with E-state index in [2.05, 4.69) is 15.6 Å². The molecule has 1 unspecified atom stereocenters. The van der Waals surface area contributed by atoms with E-state index in [1.807, 2.05) is 52.0 Å². The van der Waals surface area contributed by atoms with Crippen molar-refractivity contribution in [1.29, 1.82) is 5.26 Å². The highest BCUT2D eigenvalue weighted by atomic mass is 32.1. The second-order valence-corrected chi connectivity index (χ2v) is 20.1. The first-order valence-electron chi connectivity index (χ1n) is 23.2. The highest BCUT2D eigenvalue weighted by Gasteiger charge is 2.51. The number of Topliss-reactive ketones (excluding diaryl/α,β-unsaturated/α-hetero) is 1. The van der Waals surface area contributed by atoms with Crippen molar-refractivity contribution < 1.29 is 56.4 Å². The summed E-state index contributed by atoms with van der Waals surface area (Å²) in [5, 5.41) is 25.5. The number of carbonyl (C=O) groups is 4. The summed E-state index contributed by atoms with van der Waals surface area (Å²) in [6, 6.07) is 18.2. The van der Waals surface area contributed by atoms with Crippen molar-refractivity contribution in [2.24, 2.45) is 17.3 Å². The maximum absolute atomic E-state index is 14.0. The Bertz CT molecular complexity index is 2580. The first-order chi connectivity index (χ1) is 33.6. The zero-order valence-corrected chi connectivity index (χ0v) is 42.1. The predicted octanol–water partition coefficient (Wildman–Crippen LogP) is 7.55. The van der Waals surface area contributed by atoms with E-state index in [-0.39, 0.29) is 68.3 Å². The molecule has 2 heterocycles. The largest absolute Gasteiger partial charge is 0.491 e. The molecule has 0 bridgehead atoms. The number of carbonyl (C=O) groups excluding carboxylic acids is 4. The number of halogens is 3. The quantitative estimate of drug-likeness (QED) is 0.0517. The lowest BCUT2D eigenvalue weighted by atomic mass is 9.77. The molecule has 0 radical (unpaired) electrons. The number of aliphatic hydroxyl groups excluding tert-OH is 1. The summed E-state index contributed by atoms with van der Waals surface area (Å²) in [6.45, 7) is 12.4. The molecule has 2 fully saturated rings. The molecule has 3 N–H and O–H groups in total. The lowest BCUT2D eigenvalue weighted by Crippen LogP contribution is -2.53. The summed E-state index contributed by atoms with van der Waals surface area (Å²) in [5.74, 6) is -2.63. The molecule has 71 heavy (non-hydrogen) atoms. The molecular formula is C51H59F3N6O9S2. The van der Waals surface area contributed by atoms with Crippen LogP contribution in [-0.2, 0) is 46.1 Å². The topological polar surface area (TPSA) is 193 Å². The van der Waals surface area contributed by atoms with Gasteiger partial charge in [0, 0.05) is 31.4 Å². The van der Waals surface area contributed by atoms with Crippen molar-refractivity contribution in [3.8, 4) is 22.3 Å². The molecule has 4 aromatic rings. The summed E-state index contributed by atoms with van der Waals surface area (Å²) >= 11 is 7.17. The number of nitrogens with zero attached hydrogens (tertiary/aromatic N) is 4. The van der Waals surface area contributed by atoms with Gasteiger partial charge in [-0.15, -0.1) is 11.3 Å². The van der Waals surface area contributed by atoms with Crippen LogP contribution in [0.25, 0.3) is 10.4 Å². The third-order valence-electron chi connectivity index (χ3n) is 12.3. The van der Waals surface area contributed by atoms with Crippen LogP contribution in [0.1, 0.15) is 76.3 Å². The third kappa shape index (κ3) is 13.6. The van der Waals surface area contributed by atoms with Gasteiger partial charge in [0.1, 0.15) is 24.5 Å². The number of aromatic nitrogens is 1. The summed E-state index contributed by atoms with van der Waals surface area (Å²) in [7, 11) is 0. The minimum Gasteiger partial charge on any atom is -0.491 e. The van der Waals surface area contributed by atoms with Gasteiger partial charge in [-0.3, -0.25) is 24.1 Å². The Kier molecular flexibility index (Phi) is 18.1. The van der Waals surface area contributed by atoms with Crippen LogP contribution in [0.5, 0.6) is 5.75 Å². The average Bonchev–Trinajstić information content (AvgIpc) is 3.99. The Morgan fingerprint density at radius 2 is 1.56 bits per heavy atom. The van der Waals surface area contributed by atoms with Crippen molar-refractivity contribution >= 4 is 63.5 Å². The maximum atomic E-state index is 14.0. The van der Waals surface area contributed by atoms with Crippen LogP contribution < -0.4 is 25.2 Å². The number of hydrogen-bond donors (Lipinski definition) is 3. The first kappa shape index (κ1) is 54.5. The molecule has 6 rings (SSSR count). The van der Waals surface area contributed by atoms with E-state index in [1.54, 1.807) is 59.9 Å².